The van der Waals surface area contributed by atoms with Crippen LogP contribution < -0.4 is 16.6 Å². The zero-order valence-electron chi connectivity index (χ0n) is 16.0. The predicted molar refractivity (Wildman–Crippen MR) is 108 cm³/mol. The SMILES string of the molecule is Cc1sc2ncn(CCC(=O)NC3C4CCCC3CC(N)C4)c(=O)c2c1C. The van der Waals surface area contributed by atoms with Crippen LogP contribution in [0.3, 0.4) is 0 Å². The van der Waals surface area contributed by atoms with Gasteiger partial charge in [0.15, 0.2) is 0 Å². The van der Waals surface area contributed by atoms with Gasteiger partial charge in [0.25, 0.3) is 5.56 Å². The molecule has 6 nitrogen and oxygen atoms in total. The molecule has 0 saturated heterocycles. The maximum Gasteiger partial charge on any atom is 0.262 e. The van der Waals surface area contributed by atoms with E-state index >= 15 is 0 Å². The van der Waals surface area contributed by atoms with Crippen LogP contribution >= 0.6 is 11.3 Å². The molecule has 2 aromatic heterocycles. The van der Waals surface area contributed by atoms with E-state index in [0.29, 0.717) is 30.2 Å². The van der Waals surface area contributed by atoms with Crippen molar-refractivity contribution < 1.29 is 4.79 Å². The highest BCUT2D eigenvalue weighted by Crippen LogP contribution is 2.39. The lowest BCUT2D eigenvalue weighted by molar-refractivity contribution is -0.123. The lowest BCUT2D eigenvalue weighted by Crippen LogP contribution is -2.53. The van der Waals surface area contributed by atoms with Gasteiger partial charge in [-0.05, 0) is 56.9 Å². The van der Waals surface area contributed by atoms with Gasteiger partial charge in [0, 0.05) is 29.9 Å². The van der Waals surface area contributed by atoms with Crippen molar-refractivity contribution in [1.29, 1.82) is 0 Å². The lowest BCUT2D eigenvalue weighted by Gasteiger charge is -2.45. The summed E-state index contributed by atoms with van der Waals surface area (Å²) in [4.78, 5) is 31.6. The molecule has 4 rings (SSSR count). The molecule has 27 heavy (non-hydrogen) atoms. The Labute approximate surface area is 163 Å². The zero-order chi connectivity index (χ0) is 19.1. The lowest BCUT2D eigenvalue weighted by atomic mass is 9.67. The summed E-state index contributed by atoms with van der Waals surface area (Å²) in [5.74, 6) is 1.04. The summed E-state index contributed by atoms with van der Waals surface area (Å²) in [5, 5.41) is 3.95. The van der Waals surface area contributed by atoms with Crippen LogP contribution in [0.2, 0.25) is 0 Å². The summed E-state index contributed by atoms with van der Waals surface area (Å²) in [5.41, 5.74) is 7.12. The van der Waals surface area contributed by atoms with E-state index in [-0.39, 0.29) is 23.6 Å². The highest BCUT2D eigenvalue weighted by molar-refractivity contribution is 7.18. The molecule has 2 heterocycles. The number of amides is 1. The van der Waals surface area contributed by atoms with Gasteiger partial charge in [-0.25, -0.2) is 4.98 Å². The van der Waals surface area contributed by atoms with Crippen molar-refractivity contribution in [3.8, 4) is 0 Å². The van der Waals surface area contributed by atoms with Crippen LogP contribution in [0.5, 0.6) is 0 Å². The summed E-state index contributed by atoms with van der Waals surface area (Å²) in [6, 6.07) is 0.535. The van der Waals surface area contributed by atoms with Gasteiger partial charge in [0.1, 0.15) is 4.83 Å². The Hall–Kier alpha value is -1.73. The smallest absolute Gasteiger partial charge is 0.262 e. The number of carbonyl (C=O) groups is 1. The minimum absolute atomic E-state index is 0.0255. The van der Waals surface area contributed by atoms with Crippen LogP contribution in [0.4, 0.5) is 0 Å². The highest BCUT2D eigenvalue weighted by atomic mass is 32.1. The monoisotopic (exact) mass is 388 g/mol. The van der Waals surface area contributed by atoms with Gasteiger partial charge in [-0.15, -0.1) is 11.3 Å². The molecule has 2 atom stereocenters. The average molecular weight is 389 g/mol. The quantitative estimate of drug-likeness (QED) is 0.842. The second kappa shape index (κ2) is 7.36. The molecule has 3 N–H and O–H groups in total. The fourth-order valence-electron chi connectivity index (χ4n) is 4.93. The molecular weight excluding hydrogens is 360 g/mol. The molecule has 2 fully saturated rings. The van der Waals surface area contributed by atoms with Crippen molar-refractivity contribution in [2.45, 2.75) is 71.0 Å². The maximum atomic E-state index is 12.7. The van der Waals surface area contributed by atoms with E-state index in [4.69, 9.17) is 5.73 Å². The van der Waals surface area contributed by atoms with Crippen molar-refractivity contribution >= 4 is 27.5 Å². The van der Waals surface area contributed by atoms with Crippen molar-refractivity contribution in [3.05, 3.63) is 27.1 Å². The Morgan fingerprint density at radius 3 is 2.74 bits per heavy atom. The van der Waals surface area contributed by atoms with Crippen LogP contribution in [-0.2, 0) is 11.3 Å². The average Bonchev–Trinajstić information content (AvgIpc) is 2.90. The standard InChI is InChI=1S/C20H28N4O2S/c1-11-12(2)27-19-17(11)20(26)24(10-22-19)7-6-16(25)23-18-13-4-3-5-14(18)9-15(21)8-13/h10,13-15,18H,3-9,21H2,1-2H3,(H,23,25). The molecule has 2 bridgehead atoms. The third-order valence-electron chi connectivity index (χ3n) is 6.44. The molecule has 1 amide bonds. The largest absolute Gasteiger partial charge is 0.353 e. The van der Waals surface area contributed by atoms with E-state index < -0.39 is 0 Å². The number of hydrogen-bond acceptors (Lipinski definition) is 5. The van der Waals surface area contributed by atoms with Crippen molar-refractivity contribution in [2.24, 2.45) is 17.6 Å². The van der Waals surface area contributed by atoms with Gasteiger partial charge >= 0.3 is 0 Å². The van der Waals surface area contributed by atoms with Crippen LogP contribution in [-0.4, -0.2) is 27.5 Å². The Morgan fingerprint density at radius 1 is 1.33 bits per heavy atom. The molecule has 0 aromatic carbocycles. The van der Waals surface area contributed by atoms with E-state index in [9.17, 15) is 9.59 Å². The first-order chi connectivity index (χ1) is 12.9. The number of nitrogens with zero attached hydrogens (tertiary/aromatic N) is 2. The first-order valence-electron chi connectivity index (χ1n) is 9.94. The molecule has 0 spiro atoms. The predicted octanol–water partition coefficient (Wildman–Crippen LogP) is 2.49. The fourth-order valence-corrected chi connectivity index (χ4v) is 5.92. The summed E-state index contributed by atoms with van der Waals surface area (Å²) < 4.78 is 1.57. The molecular formula is C20H28N4O2S. The highest BCUT2D eigenvalue weighted by Gasteiger charge is 2.39. The molecule has 146 valence electrons. The van der Waals surface area contributed by atoms with E-state index in [1.54, 1.807) is 22.2 Å². The number of aromatic nitrogens is 2. The van der Waals surface area contributed by atoms with Crippen LogP contribution in [0, 0.1) is 25.7 Å². The molecule has 2 unspecified atom stereocenters. The normalized spacial score (nSPS) is 27.7. The number of rotatable bonds is 4. The van der Waals surface area contributed by atoms with E-state index in [1.165, 1.54) is 6.42 Å². The molecule has 0 aliphatic heterocycles. The number of carbonyl (C=O) groups excluding carboxylic acids is 1. The molecule has 7 heteroatoms. The summed E-state index contributed by atoms with van der Waals surface area (Å²) >= 11 is 1.54. The number of thiophene rings is 1. The Balaban J connectivity index is 1.42. The molecule has 2 saturated carbocycles. The number of nitrogens with two attached hydrogens (primary N) is 1. The second-order valence-corrected chi connectivity index (χ2v) is 9.44. The van der Waals surface area contributed by atoms with E-state index in [0.717, 1.165) is 41.0 Å². The summed E-state index contributed by atoms with van der Waals surface area (Å²) in [6.45, 7) is 4.33. The Bertz CT molecular complexity index is 905. The minimum Gasteiger partial charge on any atom is -0.353 e. The van der Waals surface area contributed by atoms with Crippen LogP contribution in [0.25, 0.3) is 10.2 Å². The maximum absolute atomic E-state index is 12.7. The van der Waals surface area contributed by atoms with Crippen LogP contribution in [0.1, 0.15) is 49.0 Å². The van der Waals surface area contributed by atoms with E-state index in [2.05, 4.69) is 10.3 Å². The third-order valence-corrected chi connectivity index (χ3v) is 7.56. The van der Waals surface area contributed by atoms with Gasteiger partial charge in [0.2, 0.25) is 5.91 Å². The fraction of sp³-hybridized carbons (Fsp3) is 0.650. The number of hydrogen-bond donors (Lipinski definition) is 2. The Kier molecular flexibility index (Phi) is 5.07. The van der Waals surface area contributed by atoms with Crippen molar-refractivity contribution in [2.75, 3.05) is 0 Å². The van der Waals surface area contributed by atoms with Crippen molar-refractivity contribution in [1.82, 2.24) is 14.9 Å². The molecule has 0 radical (unpaired) electrons. The molecule has 2 aliphatic rings. The molecule has 2 aliphatic carbocycles. The topological polar surface area (TPSA) is 90.0 Å². The summed E-state index contributed by atoms with van der Waals surface area (Å²) in [6.07, 6.45) is 7.46. The first kappa shape index (κ1) is 18.6. The number of aryl methyl sites for hydroxylation is 3. The van der Waals surface area contributed by atoms with Crippen LogP contribution in [0.15, 0.2) is 11.1 Å². The zero-order valence-corrected chi connectivity index (χ0v) is 16.8. The summed E-state index contributed by atoms with van der Waals surface area (Å²) in [7, 11) is 0. The van der Waals surface area contributed by atoms with Gasteiger partial charge in [0.05, 0.1) is 11.7 Å². The minimum atomic E-state index is -0.0461. The van der Waals surface area contributed by atoms with Gasteiger partial charge < -0.3 is 11.1 Å². The van der Waals surface area contributed by atoms with Gasteiger partial charge in [-0.3, -0.25) is 14.2 Å². The van der Waals surface area contributed by atoms with E-state index in [1.807, 2.05) is 13.8 Å². The first-order valence-corrected chi connectivity index (χ1v) is 10.8. The van der Waals surface area contributed by atoms with Gasteiger partial charge in [-0.2, -0.15) is 0 Å². The Morgan fingerprint density at radius 2 is 2.04 bits per heavy atom. The van der Waals surface area contributed by atoms with Gasteiger partial charge in [-0.1, -0.05) is 6.42 Å². The number of fused-ring (bicyclic) bond motifs is 3. The van der Waals surface area contributed by atoms with Crippen molar-refractivity contribution in [3.63, 3.8) is 0 Å². The molecule has 2 aromatic rings. The third kappa shape index (κ3) is 3.55. The number of nitrogens with one attached hydrogen (secondary N) is 1. The second-order valence-electron chi connectivity index (χ2n) is 8.23.